The molecule has 4 aliphatic carbocycles. The first-order chi connectivity index (χ1) is 12.9. The summed E-state index contributed by atoms with van der Waals surface area (Å²) in [6, 6.07) is 1.18. The molecule has 4 aliphatic rings. The van der Waals surface area contributed by atoms with Gasteiger partial charge in [-0.1, -0.05) is 64.2 Å². The van der Waals surface area contributed by atoms with Crippen molar-refractivity contribution in [1.29, 1.82) is 0 Å². The van der Waals surface area contributed by atoms with Gasteiger partial charge >= 0.3 is 21.7 Å². The zero-order valence-corrected chi connectivity index (χ0v) is 18.1. The molecular weight excluding hydrogens is 364 g/mol. The van der Waals surface area contributed by atoms with Crippen molar-refractivity contribution in [3.8, 4) is 0 Å². The van der Waals surface area contributed by atoms with E-state index in [0.717, 1.165) is 0 Å². The van der Waals surface area contributed by atoms with Gasteiger partial charge in [-0.25, -0.2) is 12.4 Å². The molecule has 4 rings (SSSR count). The molecule has 0 saturated heterocycles. The van der Waals surface area contributed by atoms with E-state index in [-0.39, 0.29) is 21.7 Å². The van der Waals surface area contributed by atoms with E-state index in [4.69, 9.17) is 0 Å². The second kappa shape index (κ2) is 18.1. The summed E-state index contributed by atoms with van der Waals surface area (Å²) in [5, 5.41) is 9.19. The Morgan fingerprint density at radius 2 is 0.704 bits per heavy atom. The molecule has 0 bridgehead atoms. The first-order valence-corrected chi connectivity index (χ1v) is 10.3. The second-order valence-corrected chi connectivity index (χ2v) is 7.10. The number of hydrogen-bond acceptors (Lipinski definition) is 0. The smallest absolute Gasteiger partial charge is 0.689 e. The van der Waals surface area contributed by atoms with Crippen LogP contribution in [0.5, 0.6) is 0 Å². The fraction of sp³-hybridized carbons (Fsp3) is 0.500. The number of rotatable bonds is 4. The predicted molar refractivity (Wildman–Crippen MR) is 113 cm³/mol. The van der Waals surface area contributed by atoms with Gasteiger partial charge in [-0.15, -0.1) is 12.1 Å². The Bertz CT molecular complexity index is 278. The topological polar surface area (TPSA) is 28.2 Å². The Labute approximate surface area is 185 Å². The van der Waals surface area contributed by atoms with E-state index in [9.17, 15) is 0 Å². The minimum Gasteiger partial charge on any atom is -0.689 e. The van der Waals surface area contributed by atoms with Gasteiger partial charge in [0.2, 0.25) is 0 Å². The van der Waals surface area contributed by atoms with Crippen molar-refractivity contribution in [3.63, 3.8) is 0 Å². The number of nitrogens with zero attached hydrogens (tertiary/aromatic N) is 2. The van der Waals surface area contributed by atoms with Gasteiger partial charge < -0.3 is 10.6 Å². The molecule has 0 heterocycles. The molecule has 0 aromatic rings. The quantitative estimate of drug-likeness (QED) is 0.460. The third kappa shape index (κ3) is 13.8. The van der Waals surface area contributed by atoms with Gasteiger partial charge in [-0.3, -0.25) is 0 Å². The Kier molecular flexibility index (Phi) is 16.8. The third-order valence-electron chi connectivity index (χ3n) is 4.92. The van der Waals surface area contributed by atoms with Gasteiger partial charge in [0.05, 0.1) is 0 Å². The maximum Gasteiger partial charge on any atom is 4.00 e. The maximum absolute atomic E-state index is 4.59. The largest absolute Gasteiger partial charge is 4.00 e. The van der Waals surface area contributed by atoms with Crippen molar-refractivity contribution in [2.24, 2.45) is 0 Å². The molecule has 0 aromatic heterocycles. The molecule has 0 spiro atoms. The molecule has 0 aliphatic heterocycles. The van der Waals surface area contributed by atoms with Crippen LogP contribution in [0.2, 0.25) is 0 Å². The summed E-state index contributed by atoms with van der Waals surface area (Å²) in [5.41, 5.74) is 0. The summed E-state index contributed by atoms with van der Waals surface area (Å²) in [5.74, 6) is 0. The van der Waals surface area contributed by atoms with Gasteiger partial charge in [-0.2, -0.15) is 0 Å². The molecule has 3 heteroatoms. The van der Waals surface area contributed by atoms with Gasteiger partial charge in [0.25, 0.3) is 0 Å². The average Bonchev–Trinajstić information content (AvgIpc) is 3.46. The predicted octanol–water partition coefficient (Wildman–Crippen LogP) is 6.91. The van der Waals surface area contributed by atoms with Crippen molar-refractivity contribution in [3.05, 3.63) is 87.2 Å². The van der Waals surface area contributed by atoms with E-state index in [2.05, 4.69) is 10.6 Å². The molecule has 4 fully saturated rings. The van der Waals surface area contributed by atoms with Crippen molar-refractivity contribution in [2.75, 3.05) is 0 Å². The summed E-state index contributed by atoms with van der Waals surface area (Å²) >= 11 is 0. The van der Waals surface area contributed by atoms with Crippen LogP contribution in [0.1, 0.15) is 64.2 Å². The molecule has 10 radical (unpaired) electrons. The van der Waals surface area contributed by atoms with Crippen LogP contribution in [0.15, 0.2) is 12.4 Å². The fourth-order valence-corrected chi connectivity index (χ4v) is 3.42. The van der Waals surface area contributed by atoms with Crippen LogP contribution in [0.4, 0.5) is 0 Å². The monoisotopic (exact) mass is 398 g/mol. The third-order valence-corrected chi connectivity index (χ3v) is 4.92. The van der Waals surface area contributed by atoms with E-state index in [1.54, 1.807) is 0 Å². The molecule has 27 heavy (non-hydrogen) atoms. The Balaban J connectivity index is 0.000000270. The summed E-state index contributed by atoms with van der Waals surface area (Å²) in [7, 11) is 0. The van der Waals surface area contributed by atoms with Crippen LogP contribution in [-0.4, -0.2) is 12.1 Å². The van der Waals surface area contributed by atoms with Crippen LogP contribution < -0.4 is 0 Å². The maximum atomic E-state index is 4.59. The molecule has 0 aromatic carbocycles. The summed E-state index contributed by atoms with van der Waals surface area (Å²) in [6.07, 6.45) is 37.3. The van der Waals surface area contributed by atoms with Crippen LogP contribution in [-0.2, 0) is 21.7 Å². The van der Waals surface area contributed by atoms with Crippen LogP contribution >= 0.6 is 0 Å². The molecular formula is C24H34N2Ti+2. The zero-order chi connectivity index (χ0) is 18.1. The molecule has 0 amide bonds. The molecule has 0 N–H and O–H groups in total. The SMILES string of the molecule is C(=C/[N-]C1CCCCC1)/[N-]C1CCCCC1.[CH]1[CH][CH][CH][CH]1.[CH]1[CH][CH][CH][CH]1.[Ti+4]. The van der Waals surface area contributed by atoms with Crippen molar-refractivity contribution < 1.29 is 21.7 Å². The van der Waals surface area contributed by atoms with E-state index >= 15 is 0 Å². The molecule has 0 atom stereocenters. The first kappa shape index (κ1) is 25.1. The van der Waals surface area contributed by atoms with Crippen LogP contribution in [0.25, 0.3) is 10.6 Å². The minimum absolute atomic E-state index is 0. The number of hydrogen-bond donors (Lipinski definition) is 0. The van der Waals surface area contributed by atoms with Crippen LogP contribution in [0.3, 0.4) is 0 Å². The molecule has 142 valence electrons. The minimum atomic E-state index is 0. The normalized spacial score (nSPS) is 23.6. The Hall–Kier alpha value is 0.0543. The molecule has 4 saturated carbocycles. The van der Waals surface area contributed by atoms with Gasteiger partial charge in [0.1, 0.15) is 0 Å². The van der Waals surface area contributed by atoms with Gasteiger partial charge in [-0.05, 0) is 64.2 Å². The standard InChI is InChI=1S/C14H24N2.2C5H5.Ti/c1-3-7-13(8-4-1)15-11-12-16-14-9-5-2-6-10-14;2*1-2-4-5-3-1;/h11-14H,1-10H2;2*1-5H;/q-2;;;+4/b12-11-;;;. The van der Waals surface area contributed by atoms with Gasteiger partial charge in [0.15, 0.2) is 0 Å². The van der Waals surface area contributed by atoms with Crippen molar-refractivity contribution in [2.45, 2.75) is 76.3 Å². The first-order valence-electron chi connectivity index (χ1n) is 10.3. The molecule has 0 unspecified atom stereocenters. The molecule has 2 nitrogen and oxygen atoms in total. The second-order valence-electron chi connectivity index (χ2n) is 7.10. The van der Waals surface area contributed by atoms with E-state index < -0.39 is 0 Å². The zero-order valence-electron chi connectivity index (χ0n) is 16.5. The van der Waals surface area contributed by atoms with E-state index in [1.807, 2.05) is 76.6 Å². The van der Waals surface area contributed by atoms with Crippen LogP contribution in [0, 0.1) is 64.2 Å². The Morgan fingerprint density at radius 3 is 0.963 bits per heavy atom. The van der Waals surface area contributed by atoms with E-state index in [1.165, 1.54) is 64.2 Å². The average molecular weight is 398 g/mol. The Morgan fingerprint density at radius 1 is 0.444 bits per heavy atom. The summed E-state index contributed by atoms with van der Waals surface area (Å²) in [6.45, 7) is 0. The van der Waals surface area contributed by atoms with E-state index in [0.29, 0.717) is 12.1 Å². The summed E-state index contributed by atoms with van der Waals surface area (Å²) < 4.78 is 0. The van der Waals surface area contributed by atoms with Gasteiger partial charge in [0, 0.05) is 0 Å². The van der Waals surface area contributed by atoms with Crippen molar-refractivity contribution >= 4 is 0 Å². The fourth-order valence-electron chi connectivity index (χ4n) is 3.42. The van der Waals surface area contributed by atoms with Crippen molar-refractivity contribution in [1.82, 2.24) is 0 Å². The summed E-state index contributed by atoms with van der Waals surface area (Å²) in [4.78, 5) is 0.